The van der Waals surface area contributed by atoms with Crippen molar-refractivity contribution in [2.24, 2.45) is 28.6 Å². The van der Waals surface area contributed by atoms with Gasteiger partial charge in [0, 0.05) is 37.8 Å². The van der Waals surface area contributed by atoms with Gasteiger partial charge in [-0.25, -0.2) is 4.79 Å². The molecule has 12 heteroatoms. The highest BCUT2D eigenvalue weighted by atomic mass is 32.2. The molecule has 3 aliphatic carbocycles. The number of alkyl halides is 5. The van der Waals surface area contributed by atoms with Gasteiger partial charge < -0.3 is 19.5 Å². The average molecular weight is 719 g/mol. The number of Topliss-reactive ketones (excluding diaryl/α,β-unsaturated/α-hetero) is 1. The van der Waals surface area contributed by atoms with Crippen molar-refractivity contribution in [3.05, 3.63) is 29.3 Å². The van der Waals surface area contributed by atoms with Gasteiger partial charge in [-0.05, 0) is 136 Å². The van der Waals surface area contributed by atoms with Gasteiger partial charge in [-0.2, -0.15) is 22.0 Å². The van der Waals surface area contributed by atoms with E-state index in [-0.39, 0.29) is 28.4 Å². The molecule has 4 rings (SSSR count). The van der Waals surface area contributed by atoms with Crippen LogP contribution in [-0.4, -0.2) is 71.1 Å². The minimum Gasteiger partial charge on any atom is -0.616 e. The van der Waals surface area contributed by atoms with E-state index in [1.165, 1.54) is 5.56 Å². The Morgan fingerprint density at radius 3 is 2.45 bits per heavy atom. The molecule has 2 fully saturated rings. The molecule has 3 aliphatic rings. The topological polar surface area (TPSA) is 81.7 Å². The molecule has 0 spiro atoms. The minimum atomic E-state index is -5.61. The van der Waals surface area contributed by atoms with Gasteiger partial charge in [-0.3, -0.25) is 4.79 Å². The third-order valence-electron chi connectivity index (χ3n) is 11.6. The molecule has 0 heterocycles. The lowest BCUT2D eigenvalue weighted by atomic mass is 9.52. The van der Waals surface area contributed by atoms with E-state index >= 15 is 0 Å². The van der Waals surface area contributed by atoms with Crippen LogP contribution in [0, 0.1) is 28.6 Å². The summed E-state index contributed by atoms with van der Waals surface area (Å²) in [6, 6.07) is 5.94. The van der Waals surface area contributed by atoms with Crippen molar-refractivity contribution < 1.29 is 40.8 Å². The summed E-state index contributed by atoms with van der Waals surface area (Å²) in [7, 11) is 3.85. The summed E-state index contributed by atoms with van der Waals surface area (Å²) in [5, 5.41) is 2.78. The van der Waals surface area contributed by atoms with Crippen LogP contribution in [-0.2, 0) is 22.4 Å². The summed E-state index contributed by atoms with van der Waals surface area (Å²) in [6.07, 6.45) is -1.72. The summed E-state index contributed by atoms with van der Waals surface area (Å²) < 4.78 is 82.8. The van der Waals surface area contributed by atoms with Crippen LogP contribution in [0.15, 0.2) is 18.2 Å². The molecule has 6 atom stereocenters. The van der Waals surface area contributed by atoms with Crippen molar-refractivity contribution in [1.82, 2.24) is 10.2 Å². The van der Waals surface area contributed by atoms with Gasteiger partial charge in [0.15, 0.2) is 0 Å². The van der Waals surface area contributed by atoms with E-state index in [4.69, 9.17) is 4.74 Å². The van der Waals surface area contributed by atoms with Gasteiger partial charge in [-0.1, -0.05) is 26.8 Å². The zero-order valence-corrected chi connectivity index (χ0v) is 30.9. The number of likely N-dealkylation sites (N-methyl/N-ethyl adjacent to an activating group) is 1. The van der Waals surface area contributed by atoms with E-state index in [1.807, 2.05) is 31.1 Å². The van der Waals surface area contributed by atoms with E-state index in [0.29, 0.717) is 49.3 Å². The smallest absolute Gasteiger partial charge is 0.453 e. The fourth-order valence-electron chi connectivity index (χ4n) is 9.15. The van der Waals surface area contributed by atoms with Gasteiger partial charge in [0.05, 0.1) is 0 Å². The third-order valence-corrected chi connectivity index (χ3v) is 13.6. The van der Waals surface area contributed by atoms with Crippen molar-refractivity contribution in [3.8, 4) is 5.75 Å². The van der Waals surface area contributed by atoms with Crippen LogP contribution >= 0.6 is 0 Å². The quantitative estimate of drug-likeness (QED) is 0.154. The fourth-order valence-corrected chi connectivity index (χ4v) is 10.7. The van der Waals surface area contributed by atoms with E-state index in [9.17, 15) is 36.1 Å². The Balaban J connectivity index is 1.47. The molecule has 1 N–H and O–H groups in total. The molecule has 0 saturated heterocycles. The van der Waals surface area contributed by atoms with E-state index in [0.717, 1.165) is 44.1 Å². The number of fused-ring (bicyclic) bond motifs is 5. The molecule has 1 aromatic rings. The molecule has 49 heavy (non-hydrogen) atoms. The third kappa shape index (κ3) is 9.31. The number of carbonyl (C=O) groups is 2. The van der Waals surface area contributed by atoms with Gasteiger partial charge >= 0.3 is 18.2 Å². The lowest BCUT2D eigenvalue weighted by Gasteiger charge is -2.52. The first-order valence-corrected chi connectivity index (χ1v) is 19.0. The molecular formula is C37H55F5N2O4S. The van der Waals surface area contributed by atoms with Crippen molar-refractivity contribution in [2.45, 2.75) is 122 Å². The number of ketones is 1. The van der Waals surface area contributed by atoms with Crippen LogP contribution in [0.2, 0.25) is 0 Å². The summed E-state index contributed by atoms with van der Waals surface area (Å²) in [5.74, 6) is -2.97. The predicted octanol–water partition coefficient (Wildman–Crippen LogP) is 8.69. The van der Waals surface area contributed by atoms with Crippen molar-refractivity contribution >= 4 is 23.1 Å². The van der Waals surface area contributed by atoms with Crippen molar-refractivity contribution in [1.29, 1.82) is 0 Å². The highest BCUT2D eigenvalue weighted by Gasteiger charge is 2.58. The lowest BCUT2D eigenvalue weighted by molar-refractivity contribution is -0.284. The maximum absolute atomic E-state index is 13.4. The molecule has 0 bridgehead atoms. The number of ether oxygens (including phenoxy) is 1. The summed E-state index contributed by atoms with van der Waals surface area (Å²) in [4.78, 5) is 27.6. The van der Waals surface area contributed by atoms with Gasteiger partial charge in [0.2, 0.25) is 0 Å². The maximum Gasteiger partial charge on any atom is 0.453 e. The second-order valence-electron chi connectivity index (χ2n) is 16.6. The highest BCUT2D eigenvalue weighted by Crippen LogP contribution is 2.62. The molecule has 6 nitrogen and oxygen atoms in total. The zero-order chi connectivity index (χ0) is 36.6. The second kappa shape index (κ2) is 15.0. The van der Waals surface area contributed by atoms with Gasteiger partial charge in [-0.15, -0.1) is 0 Å². The summed E-state index contributed by atoms with van der Waals surface area (Å²) >= 11 is -1.60. The Morgan fingerprint density at radius 1 is 1.10 bits per heavy atom. The van der Waals surface area contributed by atoms with Crippen LogP contribution < -0.4 is 10.1 Å². The standard InChI is InChI=1S/C37H55F5N2O4S/c1-33(2,23-34(3,4)49(47)20-8-15-36(38,39)37(40,41)42)16-13-24-21-25-22-26(48-32(46)43-18-19-44(6)7)9-10-27(25)28-14-17-35(5)29(31(24)28)11-12-30(35)45/h9-10,22,24,28-29,31H,8,11-21,23H2,1-7H3,(H,43,46)/t24-,28-,29+,31-,35+,49?/m1/s1. The first kappa shape index (κ1) is 39.9. The van der Waals surface area contributed by atoms with Crippen LogP contribution in [0.25, 0.3) is 0 Å². The monoisotopic (exact) mass is 718 g/mol. The molecule has 1 aromatic carbocycles. The number of nitrogens with zero attached hydrogens (tertiary/aromatic N) is 1. The van der Waals surface area contributed by atoms with Crippen molar-refractivity contribution in [3.63, 3.8) is 0 Å². The molecule has 1 amide bonds. The fraction of sp³-hybridized carbons (Fsp3) is 0.784. The van der Waals surface area contributed by atoms with E-state index in [2.05, 4.69) is 32.2 Å². The molecule has 278 valence electrons. The molecule has 0 aromatic heterocycles. The van der Waals surface area contributed by atoms with Crippen LogP contribution in [0.5, 0.6) is 5.75 Å². The van der Waals surface area contributed by atoms with E-state index < -0.39 is 47.0 Å². The van der Waals surface area contributed by atoms with Crippen molar-refractivity contribution in [2.75, 3.05) is 32.9 Å². The Labute approximate surface area is 291 Å². The van der Waals surface area contributed by atoms with Gasteiger partial charge in [0.1, 0.15) is 22.0 Å². The number of halogens is 5. The SMILES string of the molecule is CN(C)CCNC(=O)Oc1ccc2c(c1)C[C@@H](CCC(C)(C)CC(C)(C)[S+]([O-])CCCC(F)(F)C(F)(F)F)[C@@H]1[C@@H]2CC[C@]2(C)C(=O)CC[C@@H]12. The number of benzene rings is 1. The van der Waals surface area contributed by atoms with Crippen LogP contribution in [0.1, 0.15) is 109 Å². The first-order chi connectivity index (χ1) is 22.6. The molecular weight excluding hydrogens is 663 g/mol. The number of hydrogen-bond donors (Lipinski definition) is 1. The van der Waals surface area contributed by atoms with E-state index in [1.54, 1.807) is 13.8 Å². The Morgan fingerprint density at radius 2 is 1.80 bits per heavy atom. The normalized spacial score (nSPS) is 26.6. The molecule has 2 saturated carbocycles. The Bertz CT molecular complexity index is 1340. The lowest BCUT2D eigenvalue weighted by Crippen LogP contribution is -2.46. The maximum atomic E-state index is 13.4. The largest absolute Gasteiger partial charge is 0.616 e. The zero-order valence-electron chi connectivity index (χ0n) is 30.1. The Hall–Kier alpha value is -1.92. The van der Waals surface area contributed by atoms with Crippen LogP contribution in [0.4, 0.5) is 26.7 Å². The molecule has 1 unspecified atom stereocenters. The first-order valence-electron chi connectivity index (χ1n) is 17.7. The average Bonchev–Trinajstić information content (AvgIpc) is 3.28. The number of carbonyl (C=O) groups excluding carboxylic acids is 2. The second-order valence-corrected chi connectivity index (χ2v) is 18.9. The highest BCUT2D eigenvalue weighted by molar-refractivity contribution is 7.92. The van der Waals surface area contributed by atoms with Gasteiger partial charge in [0.25, 0.3) is 0 Å². The summed E-state index contributed by atoms with van der Waals surface area (Å²) in [5.41, 5.74) is 1.83. The number of nitrogens with one attached hydrogen (secondary N) is 1. The molecule has 0 aliphatic heterocycles. The van der Waals surface area contributed by atoms with Crippen LogP contribution in [0.3, 0.4) is 0 Å². The minimum absolute atomic E-state index is 0.218. The number of amides is 1. The predicted molar refractivity (Wildman–Crippen MR) is 182 cm³/mol. The molecule has 0 radical (unpaired) electrons. The summed E-state index contributed by atoms with van der Waals surface area (Å²) in [6.45, 7) is 11.1. The Kier molecular flexibility index (Phi) is 12.2. The number of hydrogen-bond acceptors (Lipinski definition) is 5. The number of rotatable bonds is 14.